The van der Waals surface area contributed by atoms with Gasteiger partial charge in [-0.3, -0.25) is 0 Å². The van der Waals surface area contributed by atoms with Crippen molar-refractivity contribution in [2.24, 2.45) is 0 Å². The van der Waals surface area contributed by atoms with E-state index in [0.717, 1.165) is 25.9 Å². The molecule has 2 aliphatic rings. The molecule has 0 radical (unpaired) electrons. The zero-order chi connectivity index (χ0) is 9.10. The second-order valence-electron chi connectivity index (χ2n) is 4.33. The average Bonchev–Trinajstić information content (AvgIpc) is 2.23. The molecule has 1 heterocycles. The second-order valence-corrected chi connectivity index (χ2v) is 4.33. The molecule has 0 aromatic carbocycles. The molecule has 3 N–H and O–H groups in total. The van der Waals surface area contributed by atoms with Crippen molar-refractivity contribution in [1.29, 1.82) is 0 Å². The molecule has 1 aliphatic carbocycles. The van der Waals surface area contributed by atoms with Crippen molar-refractivity contribution in [3.05, 3.63) is 0 Å². The fraction of sp³-hybridized carbons (Fsp3) is 1.00. The number of aliphatic hydroxyl groups excluding tert-OH is 1. The van der Waals surface area contributed by atoms with Gasteiger partial charge < -0.3 is 15.7 Å². The number of nitrogens with one attached hydrogen (secondary N) is 2. The maximum atomic E-state index is 9.83. The minimum Gasteiger partial charge on any atom is -0.392 e. The summed E-state index contributed by atoms with van der Waals surface area (Å²) in [6, 6.07) is 0.965. The monoisotopic (exact) mass is 184 g/mol. The van der Waals surface area contributed by atoms with E-state index in [2.05, 4.69) is 10.6 Å². The van der Waals surface area contributed by atoms with Crippen LogP contribution in [-0.2, 0) is 0 Å². The Kier molecular flexibility index (Phi) is 3.19. The largest absolute Gasteiger partial charge is 0.392 e. The molecule has 0 aromatic rings. The lowest BCUT2D eigenvalue weighted by atomic mass is 10.0. The first-order valence-corrected chi connectivity index (χ1v) is 5.51. The summed E-state index contributed by atoms with van der Waals surface area (Å²) in [5, 5.41) is 16.6. The molecule has 2 rings (SSSR count). The molecule has 3 nitrogen and oxygen atoms in total. The van der Waals surface area contributed by atoms with Crippen LogP contribution in [0.3, 0.4) is 0 Å². The van der Waals surface area contributed by atoms with Crippen molar-refractivity contribution < 1.29 is 5.11 Å². The van der Waals surface area contributed by atoms with Crippen LogP contribution >= 0.6 is 0 Å². The molecule has 0 spiro atoms. The number of rotatable bonds is 2. The topological polar surface area (TPSA) is 44.3 Å². The molecule has 2 atom stereocenters. The predicted molar refractivity (Wildman–Crippen MR) is 52.7 cm³/mol. The smallest absolute Gasteiger partial charge is 0.0693 e. The van der Waals surface area contributed by atoms with Gasteiger partial charge in [-0.05, 0) is 12.8 Å². The molecule has 2 unspecified atom stereocenters. The van der Waals surface area contributed by atoms with Gasteiger partial charge in [0.05, 0.1) is 6.10 Å². The van der Waals surface area contributed by atoms with Gasteiger partial charge in [-0.15, -0.1) is 0 Å². The van der Waals surface area contributed by atoms with E-state index in [4.69, 9.17) is 0 Å². The van der Waals surface area contributed by atoms with Crippen molar-refractivity contribution >= 4 is 0 Å². The Bertz CT molecular complexity index is 159. The minimum atomic E-state index is -0.108. The van der Waals surface area contributed by atoms with E-state index in [0.29, 0.717) is 12.1 Å². The number of aliphatic hydroxyl groups is 1. The highest BCUT2D eigenvalue weighted by Crippen LogP contribution is 2.18. The normalized spacial score (nSPS) is 36.7. The summed E-state index contributed by atoms with van der Waals surface area (Å²) >= 11 is 0. The summed E-state index contributed by atoms with van der Waals surface area (Å²) in [7, 11) is 0. The lowest BCUT2D eigenvalue weighted by Crippen LogP contribution is -2.59. The third kappa shape index (κ3) is 2.42. The van der Waals surface area contributed by atoms with Crippen LogP contribution in [0.1, 0.15) is 32.1 Å². The van der Waals surface area contributed by atoms with Crippen LogP contribution in [0.4, 0.5) is 0 Å². The summed E-state index contributed by atoms with van der Waals surface area (Å²) in [5.41, 5.74) is 0. The van der Waals surface area contributed by atoms with Crippen molar-refractivity contribution in [1.82, 2.24) is 10.6 Å². The molecule has 1 saturated carbocycles. The Morgan fingerprint density at radius 1 is 1.08 bits per heavy atom. The Morgan fingerprint density at radius 2 is 1.85 bits per heavy atom. The molecule has 76 valence electrons. The SMILES string of the molecule is OC1CCCCCC1NC1CNC1. The second kappa shape index (κ2) is 4.40. The maximum Gasteiger partial charge on any atom is 0.0693 e. The highest BCUT2D eigenvalue weighted by atomic mass is 16.3. The van der Waals surface area contributed by atoms with Crippen LogP contribution in [0.15, 0.2) is 0 Å². The van der Waals surface area contributed by atoms with E-state index in [9.17, 15) is 5.11 Å². The van der Waals surface area contributed by atoms with Crippen LogP contribution in [0.2, 0.25) is 0 Å². The standard InChI is InChI=1S/C10H20N2O/c13-10-5-3-1-2-4-9(10)12-8-6-11-7-8/h8-13H,1-7H2. The Morgan fingerprint density at radius 3 is 2.54 bits per heavy atom. The molecular weight excluding hydrogens is 164 g/mol. The minimum absolute atomic E-state index is 0.108. The van der Waals surface area contributed by atoms with E-state index in [1.54, 1.807) is 0 Å². The third-order valence-corrected chi connectivity index (χ3v) is 3.21. The van der Waals surface area contributed by atoms with Gasteiger partial charge in [-0.2, -0.15) is 0 Å². The van der Waals surface area contributed by atoms with E-state index < -0.39 is 0 Å². The number of hydrogen-bond donors (Lipinski definition) is 3. The van der Waals surface area contributed by atoms with E-state index in [1.807, 2.05) is 0 Å². The molecule has 0 aromatic heterocycles. The maximum absolute atomic E-state index is 9.83. The zero-order valence-electron chi connectivity index (χ0n) is 8.13. The van der Waals surface area contributed by atoms with Gasteiger partial charge in [0, 0.05) is 25.2 Å². The third-order valence-electron chi connectivity index (χ3n) is 3.21. The Labute approximate surface area is 79.9 Å². The highest BCUT2D eigenvalue weighted by molar-refractivity contribution is 4.88. The molecule has 0 bridgehead atoms. The highest BCUT2D eigenvalue weighted by Gasteiger charge is 2.26. The Balaban J connectivity index is 1.79. The first kappa shape index (κ1) is 9.44. The van der Waals surface area contributed by atoms with Crippen molar-refractivity contribution in [2.75, 3.05) is 13.1 Å². The Hall–Kier alpha value is -0.120. The summed E-state index contributed by atoms with van der Waals surface area (Å²) in [6.45, 7) is 2.15. The van der Waals surface area contributed by atoms with Crippen LogP contribution in [0.25, 0.3) is 0 Å². The summed E-state index contributed by atoms with van der Waals surface area (Å²) in [4.78, 5) is 0. The van der Waals surface area contributed by atoms with Crippen molar-refractivity contribution in [3.8, 4) is 0 Å². The van der Waals surface area contributed by atoms with Crippen LogP contribution in [0.5, 0.6) is 0 Å². The van der Waals surface area contributed by atoms with Gasteiger partial charge in [-0.25, -0.2) is 0 Å². The molecule has 3 heteroatoms. The van der Waals surface area contributed by atoms with Crippen molar-refractivity contribution in [2.45, 2.75) is 50.3 Å². The quantitative estimate of drug-likeness (QED) is 0.539. The lowest BCUT2D eigenvalue weighted by molar-refractivity contribution is 0.108. The van der Waals surface area contributed by atoms with Gasteiger partial charge in [0.2, 0.25) is 0 Å². The molecule has 1 aliphatic heterocycles. The molecule has 1 saturated heterocycles. The number of hydrogen-bond acceptors (Lipinski definition) is 3. The van der Waals surface area contributed by atoms with Crippen LogP contribution < -0.4 is 10.6 Å². The molecule has 0 amide bonds. The van der Waals surface area contributed by atoms with E-state index in [-0.39, 0.29) is 6.10 Å². The van der Waals surface area contributed by atoms with Crippen molar-refractivity contribution in [3.63, 3.8) is 0 Å². The first-order chi connectivity index (χ1) is 6.36. The molecular formula is C10H20N2O. The van der Waals surface area contributed by atoms with Gasteiger partial charge in [0.25, 0.3) is 0 Å². The van der Waals surface area contributed by atoms with Gasteiger partial charge in [0.15, 0.2) is 0 Å². The summed E-state index contributed by atoms with van der Waals surface area (Å²) in [5.74, 6) is 0. The lowest BCUT2D eigenvalue weighted by Gasteiger charge is -2.33. The predicted octanol–water partition coefficient (Wildman–Crippen LogP) is 0.241. The average molecular weight is 184 g/mol. The van der Waals surface area contributed by atoms with E-state index >= 15 is 0 Å². The van der Waals surface area contributed by atoms with Gasteiger partial charge in [-0.1, -0.05) is 19.3 Å². The fourth-order valence-corrected chi connectivity index (χ4v) is 2.19. The fourth-order valence-electron chi connectivity index (χ4n) is 2.19. The van der Waals surface area contributed by atoms with Gasteiger partial charge >= 0.3 is 0 Å². The molecule has 13 heavy (non-hydrogen) atoms. The molecule has 2 fully saturated rings. The summed E-state index contributed by atoms with van der Waals surface area (Å²) < 4.78 is 0. The van der Waals surface area contributed by atoms with E-state index in [1.165, 1.54) is 19.3 Å². The summed E-state index contributed by atoms with van der Waals surface area (Å²) in [6.07, 6.45) is 5.79. The van der Waals surface area contributed by atoms with Gasteiger partial charge in [0.1, 0.15) is 0 Å². The zero-order valence-corrected chi connectivity index (χ0v) is 8.13. The first-order valence-electron chi connectivity index (χ1n) is 5.51. The van der Waals surface area contributed by atoms with Crippen LogP contribution in [-0.4, -0.2) is 36.4 Å². The van der Waals surface area contributed by atoms with Crippen LogP contribution in [0, 0.1) is 0 Å².